The number of hydrogen-bond donors (Lipinski definition) is 2. The Hall–Kier alpha value is -1.86. The maximum Gasteiger partial charge on any atom is 0.407 e. The molecular formula is C24H39NO5Si. The van der Waals surface area contributed by atoms with Gasteiger partial charge in [0.05, 0.1) is 39.0 Å². The highest BCUT2D eigenvalue weighted by molar-refractivity contribution is 6.77. The molecule has 31 heavy (non-hydrogen) atoms. The Labute approximate surface area is 187 Å². The Morgan fingerprint density at radius 3 is 2.39 bits per heavy atom. The van der Waals surface area contributed by atoms with Crippen LogP contribution in [0.15, 0.2) is 30.3 Å². The molecule has 0 saturated heterocycles. The van der Waals surface area contributed by atoms with Gasteiger partial charge in [-0.15, -0.1) is 0 Å². The van der Waals surface area contributed by atoms with Crippen LogP contribution in [0, 0.1) is 17.3 Å². The van der Waals surface area contributed by atoms with E-state index in [0.717, 1.165) is 18.4 Å². The Morgan fingerprint density at radius 2 is 1.84 bits per heavy atom. The highest BCUT2D eigenvalue weighted by atomic mass is 28.3. The van der Waals surface area contributed by atoms with Crippen LogP contribution in [-0.4, -0.2) is 43.6 Å². The van der Waals surface area contributed by atoms with E-state index in [-0.39, 0.29) is 11.6 Å². The van der Waals surface area contributed by atoms with Gasteiger partial charge in [-0.05, 0) is 31.2 Å². The summed E-state index contributed by atoms with van der Waals surface area (Å²) in [6, 6.07) is 9.37. The maximum atomic E-state index is 12.8. The standard InChI is InChI=1S/C24H39NO5Si/c1-17(2)24(16-29-15-19-11-8-7-9-12-19)14-10-13-20(22(26)27)21(24)25-23(28)30-18(3)31(4,5)6/h7-9,11-12,17-18,20-21H,10,13-16H2,1-6H3,(H,25,28)(H,26,27). The third kappa shape index (κ3) is 6.56. The number of carboxylic acids is 1. The van der Waals surface area contributed by atoms with Gasteiger partial charge in [0, 0.05) is 5.41 Å². The minimum atomic E-state index is -1.67. The molecule has 7 heteroatoms. The lowest BCUT2D eigenvalue weighted by molar-refractivity contribution is -0.149. The Morgan fingerprint density at radius 1 is 1.19 bits per heavy atom. The van der Waals surface area contributed by atoms with E-state index in [2.05, 4.69) is 38.8 Å². The van der Waals surface area contributed by atoms with Crippen molar-refractivity contribution in [3.63, 3.8) is 0 Å². The van der Waals surface area contributed by atoms with Gasteiger partial charge in [-0.3, -0.25) is 4.79 Å². The summed E-state index contributed by atoms with van der Waals surface area (Å²) < 4.78 is 11.8. The fraction of sp³-hybridized carbons (Fsp3) is 0.667. The van der Waals surface area contributed by atoms with Crippen LogP contribution < -0.4 is 5.32 Å². The van der Waals surface area contributed by atoms with E-state index in [9.17, 15) is 14.7 Å². The van der Waals surface area contributed by atoms with E-state index < -0.39 is 37.5 Å². The van der Waals surface area contributed by atoms with Gasteiger partial charge in [-0.25, -0.2) is 4.79 Å². The van der Waals surface area contributed by atoms with Crippen molar-refractivity contribution in [2.75, 3.05) is 6.61 Å². The van der Waals surface area contributed by atoms with Gasteiger partial charge in [0.25, 0.3) is 0 Å². The van der Waals surface area contributed by atoms with Crippen LogP contribution >= 0.6 is 0 Å². The average Bonchev–Trinajstić information content (AvgIpc) is 2.68. The first kappa shape index (κ1) is 25.4. The number of benzene rings is 1. The lowest BCUT2D eigenvalue weighted by atomic mass is 9.60. The van der Waals surface area contributed by atoms with Gasteiger partial charge in [-0.1, -0.05) is 70.2 Å². The van der Waals surface area contributed by atoms with E-state index in [4.69, 9.17) is 9.47 Å². The number of carbonyl (C=O) groups excluding carboxylic acids is 1. The smallest absolute Gasteiger partial charge is 0.407 e. The molecule has 0 aromatic heterocycles. The first-order valence-corrected chi connectivity index (χ1v) is 14.9. The third-order valence-electron chi connectivity index (χ3n) is 6.91. The van der Waals surface area contributed by atoms with Crippen LogP contribution in [0.4, 0.5) is 4.79 Å². The van der Waals surface area contributed by atoms with Gasteiger partial charge in [0.1, 0.15) is 0 Å². The van der Waals surface area contributed by atoms with Crippen molar-refractivity contribution in [3.05, 3.63) is 35.9 Å². The van der Waals surface area contributed by atoms with Crippen LogP contribution in [0.25, 0.3) is 0 Å². The van der Waals surface area contributed by atoms with Crippen molar-refractivity contribution in [2.24, 2.45) is 17.3 Å². The van der Waals surface area contributed by atoms with Crippen molar-refractivity contribution in [3.8, 4) is 0 Å². The summed E-state index contributed by atoms with van der Waals surface area (Å²) in [5.74, 6) is -1.41. The zero-order valence-corrected chi connectivity index (χ0v) is 20.8. The molecule has 1 aliphatic rings. The zero-order valence-electron chi connectivity index (χ0n) is 19.8. The molecule has 1 amide bonds. The second-order valence-corrected chi connectivity index (χ2v) is 15.8. The number of ether oxygens (including phenoxy) is 2. The Bertz CT molecular complexity index is 733. The van der Waals surface area contributed by atoms with Crippen molar-refractivity contribution in [1.82, 2.24) is 5.32 Å². The minimum absolute atomic E-state index is 0.130. The third-order valence-corrected chi connectivity index (χ3v) is 9.46. The van der Waals surface area contributed by atoms with Gasteiger partial charge in [0.2, 0.25) is 0 Å². The summed E-state index contributed by atoms with van der Waals surface area (Å²) in [5, 5.41) is 12.9. The summed E-state index contributed by atoms with van der Waals surface area (Å²) in [5.41, 5.74) is 0.430. The summed E-state index contributed by atoms with van der Waals surface area (Å²) in [4.78, 5) is 24.9. The molecule has 0 aliphatic heterocycles. The molecule has 174 valence electrons. The number of aliphatic carboxylic acids is 1. The molecule has 1 aromatic carbocycles. The molecule has 0 heterocycles. The topological polar surface area (TPSA) is 84.9 Å². The monoisotopic (exact) mass is 449 g/mol. The molecule has 0 radical (unpaired) electrons. The van der Waals surface area contributed by atoms with Crippen molar-refractivity contribution >= 4 is 20.1 Å². The molecule has 6 nitrogen and oxygen atoms in total. The van der Waals surface area contributed by atoms with E-state index in [1.165, 1.54) is 0 Å². The zero-order chi connectivity index (χ0) is 23.2. The maximum absolute atomic E-state index is 12.8. The number of carbonyl (C=O) groups is 2. The lowest BCUT2D eigenvalue weighted by Gasteiger charge is -2.49. The van der Waals surface area contributed by atoms with E-state index >= 15 is 0 Å². The largest absolute Gasteiger partial charge is 0.481 e. The molecule has 1 fully saturated rings. The lowest BCUT2D eigenvalue weighted by Crippen LogP contribution is -2.60. The van der Waals surface area contributed by atoms with E-state index in [1.54, 1.807) is 0 Å². The van der Waals surface area contributed by atoms with Gasteiger partial charge >= 0.3 is 12.1 Å². The predicted molar refractivity (Wildman–Crippen MR) is 125 cm³/mol. The van der Waals surface area contributed by atoms with Gasteiger partial charge < -0.3 is 19.9 Å². The quantitative estimate of drug-likeness (QED) is 0.513. The second kappa shape index (κ2) is 10.6. The fourth-order valence-electron chi connectivity index (χ4n) is 4.29. The second-order valence-electron chi connectivity index (χ2n) is 10.2. The first-order chi connectivity index (χ1) is 14.5. The summed E-state index contributed by atoms with van der Waals surface area (Å²) in [7, 11) is -1.67. The highest BCUT2D eigenvalue weighted by Gasteiger charge is 2.51. The SMILES string of the molecule is CC(C)C1(COCc2ccccc2)CCCC(C(=O)O)C1NC(=O)OC(C)[Si](C)(C)C. The van der Waals surface area contributed by atoms with Crippen LogP contribution in [0.3, 0.4) is 0 Å². The number of amides is 1. The molecule has 0 spiro atoms. The predicted octanol–water partition coefficient (Wildman–Crippen LogP) is 5.09. The number of nitrogens with one attached hydrogen (secondary N) is 1. The molecular weight excluding hydrogens is 410 g/mol. The van der Waals surface area contributed by atoms with Crippen molar-refractivity contribution < 1.29 is 24.2 Å². The van der Waals surface area contributed by atoms with E-state index in [1.807, 2.05) is 37.3 Å². The minimum Gasteiger partial charge on any atom is -0.481 e. The number of rotatable bonds is 9. The first-order valence-electron chi connectivity index (χ1n) is 11.3. The van der Waals surface area contributed by atoms with Gasteiger partial charge in [0.15, 0.2) is 0 Å². The molecule has 1 aliphatic carbocycles. The Kier molecular flexibility index (Phi) is 8.71. The summed E-state index contributed by atoms with van der Waals surface area (Å²) in [6.45, 7) is 13.3. The van der Waals surface area contributed by atoms with Crippen LogP contribution in [-0.2, 0) is 20.9 Å². The summed E-state index contributed by atoms with van der Waals surface area (Å²) in [6.07, 6.45) is 1.61. The van der Waals surface area contributed by atoms with Crippen LogP contribution in [0.2, 0.25) is 19.6 Å². The number of carboxylic acid groups (broad SMARTS) is 1. The van der Waals surface area contributed by atoms with Crippen LogP contribution in [0.5, 0.6) is 0 Å². The molecule has 2 N–H and O–H groups in total. The van der Waals surface area contributed by atoms with Crippen molar-refractivity contribution in [1.29, 1.82) is 0 Å². The molecule has 0 bridgehead atoms. The molecule has 1 saturated carbocycles. The van der Waals surface area contributed by atoms with Crippen LogP contribution in [0.1, 0.15) is 45.6 Å². The Balaban J connectivity index is 2.22. The van der Waals surface area contributed by atoms with Gasteiger partial charge in [-0.2, -0.15) is 0 Å². The number of hydrogen-bond acceptors (Lipinski definition) is 4. The normalized spacial score (nSPS) is 25.1. The highest BCUT2D eigenvalue weighted by Crippen LogP contribution is 2.46. The average molecular weight is 450 g/mol. The molecule has 4 atom stereocenters. The molecule has 4 unspecified atom stereocenters. The molecule has 2 rings (SSSR count). The van der Waals surface area contributed by atoms with Crippen molar-refractivity contribution in [2.45, 2.75) is 78.1 Å². The van der Waals surface area contributed by atoms with E-state index in [0.29, 0.717) is 19.6 Å². The summed E-state index contributed by atoms with van der Waals surface area (Å²) >= 11 is 0. The number of alkyl carbamates (subject to hydrolysis) is 1. The fourth-order valence-corrected chi connectivity index (χ4v) is 4.75. The molecule has 1 aromatic rings.